The maximum atomic E-state index is 3.82. The van der Waals surface area contributed by atoms with Crippen molar-refractivity contribution in [2.75, 3.05) is 0 Å². The van der Waals surface area contributed by atoms with Gasteiger partial charge in [-0.15, -0.1) is 0 Å². The van der Waals surface area contributed by atoms with E-state index in [4.69, 9.17) is 0 Å². The van der Waals surface area contributed by atoms with Crippen molar-refractivity contribution in [3.8, 4) is 0 Å². The standard InChI is InChI=1S/C9H11.BrH.Mg/c1-3-9-7-5-4-6-8(9)2;;/h4-7H,1,3H2,2H3;1H;/q-1;;+2/p-1. The number of rotatable bonds is 1. The van der Waals surface area contributed by atoms with Crippen LogP contribution in [0.15, 0.2) is 24.3 Å². The van der Waals surface area contributed by atoms with Crippen LogP contribution in [0.2, 0.25) is 0 Å². The number of halogens is 1. The molecule has 0 nitrogen and oxygen atoms in total. The molecule has 1 aromatic rings. The molecule has 56 valence electrons. The smallest absolute Gasteiger partial charge is 1.00 e. The van der Waals surface area contributed by atoms with Crippen molar-refractivity contribution < 1.29 is 17.0 Å². The molecular formula is C9H11BrMg. The monoisotopic (exact) mass is 222 g/mol. The van der Waals surface area contributed by atoms with Crippen LogP contribution in [0.5, 0.6) is 0 Å². The fourth-order valence-corrected chi connectivity index (χ4v) is 0.891. The number of aryl methyl sites for hydroxylation is 1. The Labute approximate surface area is 95.3 Å². The van der Waals surface area contributed by atoms with E-state index in [9.17, 15) is 0 Å². The molecule has 0 aliphatic carbocycles. The van der Waals surface area contributed by atoms with Gasteiger partial charge in [0.25, 0.3) is 0 Å². The molecule has 0 spiro atoms. The second-order valence-corrected chi connectivity index (χ2v) is 2.18. The Kier molecular flexibility index (Phi) is 9.09. The zero-order chi connectivity index (χ0) is 6.69. The Bertz CT molecular complexity index is 199. The summed E-state index contributed by atoms with van der Waals surface area (Å²) >= 11 is 0. The first-order chi connectivity index (χ1) is 4.34. The molecule has 0 aromatic heterocycles. The summed E-state index contributed by atoms with van der Waals surface area (Å²) in [5.74, 6) is 0. The molecule has 1 aromatic carbocycles. The summed E-state index contributed by atoms with van der Waals surface area (Å²) in [5, 5.41) is 0. The topological polar surface area (TPSA) is 0 Å². The summed E-state index contributed by atoms with van der Waals surface area (Å²) in [6.07, 6.45) is 0.896. The van der Waals surface area contributed by atoms with Gasteiger partial charge in [0.1, 0.15) is 0 Å². The average molecular weight is 223 g/mol. The predicted molar refractivity (Wildman–Crippen MR) is 46.0 cm³/mol. The van der Waals surface area contributed by atoms with Crippen LogP contribution in [0.1, 0.15) is 11.1 Å². The zero-order valence-electron chi connectivity index (χ0n) is 6.81. The van der Waals surface area contributed by atoms with Crippen LogP contribution in [0.3, 0.4) is 0 Å². The third-order valence-electron chi connectivity index (χ3n) is 1.53. The third kappa shape index (κ3) is 4.14. The van der Waals surface area contributed by atoms with Gasteiger partial charge in [-0.3, -0.25) is 0 Å². The molecule has 0 aliphatic rings. The number of hydrogen-bond acceptors (Lipinski definition) is 0. The van der Waals surface area contributed by atoms with Crippen molar-refractivity contribution in [2.45, 2.75) is 13.3 Å². The Balaban J connectivity index is 0. The van der Waals surface area contributed by atoms with Gasteiger partial charge in [0.05, 0.1) is 0 Å². The van der Waals surface area contributed by atoms with E-state index in [0.29, 0.717) is 0 Å². The molecule has 0 unspecified atom stereocenters. The van der Waals surface area contributed by atoms with Gasteiger partial charge in [-0.2, -0.15) is 6.42 Å². The Morgan fingerprint density at radius 3 is 2.18 bits per heavy atom. The van der Waals surface area contributed by atoms with Crippen LogP contribution in [-0.4, -0.2) is 23.1 Å². The molecule has 2 heteroatoms. The molecule has 1 rings (SSSR count). The summed E-state index contributed by atoms with van der Waals surface area (Å²) in [7, 11) is 0. The van der Waals surface area contributed by atoms with Crippen molar-refractivity contribution in [3.63, 3.8) is 0 Å². The molecule has 0 saturated carbocycles. The van der Waals surface area contributed by atoms with E-state index in [-0.39, 0.29) is 40.0 Å². The Morgan fingerprint density at radius 2 is 1.82 bits per heavy atom. The normalized spacial score (nSPS) is 7.82. The van der Waals surface area contributed by atoms with Crippen molar-refractivity contribution in [1.29, 1.82) is 0 Å². The van der Waals surface area contributed by atoms with Crippen LogP contribution in [-0.2, 0) is 6.42 Å². The van der Waals surface area contributed by atoms with E-state index in [1.54, 1.807) is 0 Å². The van der Waals surface area contributed by atoms with Gasteiger partial charge in [-0.1, -0.05) is 35.4 Å². The fourth-order valence-electron chi connectivity index (χ4n) is 0.891. The second kappa shape index (κ2) is 7.13. The van der Waals surface area contributed by atoms with Gasteiger partial charge in [0.15, 0.2) is 0 Å². The maximum Gasteiger partial charge on any atom is 2.00 e. The molecule has 0 heterocycles. The summed E-state index contributed by atoms with van der Waals surface area (Å²) < 4.78 is 0. The third-order valence-corrected chi connectivity index (χ3v) is 1.53. The fraction of sp³-hybridized carbons (Fsp3) is 0.222. The molecule has 0 aliphatic heterocycles. The molecular weight excluding hydrogens is 212 g/mol. The van der Waals surface area contributed by atoms with E-state index in [2.05, 4.69) is 32.0 Å². The first kappa shape index (κ1) is 14.0. The van der Waals surface area contributed by atoms with Crippen molar-refractivity contribution in [1.82, 2.24) is 0 Å². The SMILES string of the molecule is [Br-].[CH2-]Cc1ccccc1C.[Mg+2]. The molecule has 0 radical (unpaired) electrons. The first-order valence-electron chi connectivity index (χ1n) is 3.18. The van der Waals surface area contributed by atoms with E-state index in [1.807, 2.05) is 6.07 Å². The number of benzene rings is 1. The molecule has 0 saturated heterocycles. The van der Waals surface area contributed by atoms with Gasteiger partial charge in [-0.25, -0.2) is 0 Å². The van der Waals surface area contributed by atoms with Gasteiger partial charge in [0.2, 0.25) is 0 Å². The summed E-state index contributed by atoms with van der Waals surface area (Å²) in [5.41, 5.74) is 2.69. The summed E-state index contributed by atoms with van der Waals surface area (Å²) in [4.78, 5) is 0. The molecule has 0 atom stereocenters. The molecule has 11 heavy (non-hydrogen) atoms. The van der Waals surface area contributed by atoms with Crippen LogP contribution < -0.4 is 17.0 Å². The van der Waals surface area contributed by atoms with Gasteiger partial charge < -0.3 is 23.9 Å². The van der Waals surface area contributed by atoms with E-state index >= 15 is 0 Å². The Morgan fingerprint density at radius 1 is 1.27 bits per heavy atom. The molecule has 0 fully saturated rings. The summed E-state index contributed by atoms with van der Waals surface area (Å²) in [6.45, 7) is 5.93. The Hall–Kier alpha value is 0.466. The zero-order valence-corrected chi connectivity index (χ0v) is 9.81. The minimum atomic E-state index is 0. The second-order valence-electron chi connectivity index (χ2n) is 2.18. The quantitative estimate of drug-likeness (QED) is 0.423. The van der Waals surface area contributed by atoms with Crippen LogP contribution in [0.4, 0.5) is 0 Å². The summed E-state index contributed by atoms with van der Waals surface area (Å²) in [6, 6.07) is 8.32. The van der Waals surface area contributed by atoms with Crippen molar-refractivity contribution in [3.05, 3.63) is 42.3 Å². The molecule has 0 amide bonds. The van der Waals surface area contributed by atoms with E-state index in [1.165, 1.54) is 11.1 Å². The first-order valence-corrected chi connectivity index (χ1v) is 3.18. The van der Waals surface area contributed by atoms with Gasteiger partial charge >= 0.3 is 23.1 Å². The van der Waals surface area contributed by atoms with E-state index < -0.39 is 0 Å². The molecule has 0 bridgehead atoms. The van der Waals surface area contributed by atoms with E-state index in [0.717, 1.165) is 6.42 Å². The number of hydrogen-bond donors (Lipinski definition) is 0. The van der Waals surface area contributed by atoms with Crippen molar-refractivity contribution in [2.24, 2.45) is 0 Å². The maximum absolute atomic E-state index is 3.82. The molecule has 0 N–H and O–H groups in total. The van der Waals surface area contributed by atoms with Crippen molar-refractivity contribution >= 4 is 23.1 Å². The van der Waals surface area contributed by atoms with Gasteiger partial charge in [0, 0.05) is 0 Å². The average Bonchev–Trinajstić information content (AvgIpc) is 1.89. The van der Waals surface area contributed by atoms with Crippen LogP contribution >= 0.6 is 0 Å². The minimum Gasteiger partial charge on any atom is -1.00 e. The van der Waals surface area contributed by atoms with Gasteiger partial charge in [-0.05, 0) is 6.92 Å². The van der Waals surface area contributed by atoms with Crippen LogP contribution in [0.25, 0.3) is 0 Å². The predicted octanol–water partition coefficient (Wildman–Crippen LogP) is -1.01. The minimum absolute atomic E-state index is 0. The van der Waals surface area contributed by atoms with Crippen LogP contribution in [0, 0.1) is 13.8 Å². The largest absolute Gasteiger partial charge is 2.00 e.